The zero-order valence-corrected chi connectivity index (χ0v) is 47.3. The summed E-state index contributed by atoms with van der Waals surface area (Å²) >= 11 is 3.47. The van der Waals surface area contributed by atoms with Gasteiger partial charge in [0.15, 0.2) is 43.1 Å². The summed E-state index contributed by atoms with van der Waals surface area (Å²) in [5, 5.41) is 3.49. The second kappa shape index (κ2) is 18.4. The largest absolute Gasteiger partial charge is 0.415 e. The molecule has 4 atom stereocenters. The maximum absolute atomic E-state index is 12.3. The number of anilines is 1. The van der Waals surface area contributed by atoms with Crippen molar-refractivity contribution in [3.05, 3.63) is 58.1 Å². The van der Waals surface area contributed by atoms with Crippen LogP contribution in [0.2, 0.25) is 72.5 Å². The van der Waals surface area contributed by atoms with Crippen LogP contribution in [-0.4, -0.2) is 90.3 Å². The number of benzene rings is 2. The normalized spacial score (nSPS) is 21.2. The van der Waals surface area contributed by atoms with E-state index < -0.39 is 43.1 Å². The minimum atomic E-state index is -3.34. The number of hydrogen-bond donors (Lipinski definition) is 1. The zero-order chi connectivity index (χ0) is 45.6. The third kappa shape index (κ3) is 13.7. The van der Waals surface area contributed by atoms with Crippen molar-refractivity contribution in [2.24, 2.45) is 0 Å². The van der Waals surface area contributed by atoms with Gasteiger partial charge < -0.3 is 23.0 Å². The van der Waals surface area contributed by atoms with Crippen molar-refractivity contribution in [2.45, 2.75) is 198 Å². The van der Waals surface area contributed by atoms with E-state index in [4.69, 9.17) is 17.7 Å². The highest BCUT2D eigenvalue weighted by Crippen LogP contribution is 2.46. The molecule has 59 heavy (non-hydrogen) atoms. The fourth-order valence-electron chi connectivity index (χ4n) is 6.06. The molecule has 1 aliphatic rings. The molecule has 0 spiro atoms. The van der Waals surface area contributed by atoms with Gasteiger partial charge in [-0.3, -0.25) is 4.90 Å². The summed E-state index contributed by atoms with van der Waals surface area (Å²) in [6.07, 6.45) is 0.533. The van der Waals surface area contributed by atoms with Crippen LogP contribution in [0.4, 0.5) is 5.69 Å². The van der Waals surface area contributed by atoms with Crippen LogP contribution in [0.1, 0.15) is 94.2 Å². The summed E-state index contributed by atoms with van der Waals surface area (Å²) in [6, 6.07) is 13.9. The molecule has 338 valence electrons. The van der Waals surface area contributed by atoms with E-state index in [0.29, 0.717) is 26.2 Å². The number of piperidine rings is 1. The van der Waals surface area contributed by atoms with Crippen molar-refractivity contribution in [3.8, 4) is 0 Å². The molecule has 1 N–H and O–H groups in total. The van der Waals surface area contributed by atoms with Crippen LogP contribution in [0.25, 0.3) is 0 Å². The van der Waals surface area contributed by atoms with Gasteiger partial charge in [0.25, 0.3) is 0 Å². The van der Waals surface area contributed by atoms with Crippen molar-refractivity contribution >= 4 is 64.7 Å². The maximum Gasteiger partial charge on any atom is 0.192 e. The number of nitrogens with one attached hydrogen (secondary N) is 1. The van der Waals surface area contributed by atoms with Gasteiger partial charge >= 0.3 is 0 Å². The molecule has 0 saturated carbocycles. The van der Waals surface area contributed by atoms with Gasteiger partial charge in [-0.05, 0) is 102 Å². The molecule has 14 heteroatoms. The van der Waals surface area contributed by atoms with E-state index >= 15 is 0 Å². The van der Waals surface area contributed by atoms with Crippen LogP contribution >= 0.6 is 15.9 Å². The number of rotatable bonds is 15. The van der Waals surface area contributed by atoms with Crippen molar-refractivity contribution in [3.63, 3.8) is 0 Å². The molecule has 0 radical (unpaired) electrons. The van der Waals surface area contributed by atoms with Gasteiger partial charge in [-0.1, -0.05) is 123 Å². The molecule has 2 aromatic rings. The fourth-order valence-corrected chi connectivity index (χ4v) is 12.4. The molecule has 1 aliphatic heterocycles. The second-order valence-corrected chi connectivity index (χ2v) is 45.3. The fraction of sp³-hybridized carbons (Fsp3) is 0.733. The van der Waals surface area contributed by atoms with Gasteiger partial charge in [0, 0.05) is 36.1 Å². The first-order valence-corrected chi connectivity index (χ1v) is 35.8. The van der Waals surface area contributed by atoms with Crippen molar-refractivity contribution in [1.29, 1.82) is 0 Å². The van der Waals surface area contributed by atoms with E-state index in [1.165, 1.54) is 11.8 Å². The van der Waals surface area contributed by atoms with Gasteiger partial charge in [-0.15, -0.1) is 0 Å². The van der Waals surface area contributed by atoms with E-state index in [1.54, 1.807) is 12.1 Å². The van der Waals surface area contributed by atoms with Crippen molar-refractivity contribution in [1.82, 2.24) is 4.90 Å². The van der Waals surface area contributed by atoms with E-state index in [2.05, 4.69) is 186 Å². The lowest BCUT2D eigenvalue weighted by atomic mass is 9.93. The quantitative estimate of drug-likeness (QED) is 0.177. The lowest BCUT2D eigenvalue weighted by Crippen LogP contribution is -2.70. The standard InChI is InChI=1S/C45H83BrN2O6SSi4/c1-42(2,3)56(14,15)51-32-38-40(53-58(18,19)44(7,8)9)41(54-59(20,21)45(10,11)12)39(52-57(16,17)43(4,5)6)31-48(38)30-34-24-22-33(23-25-34)29-47-36-26-35(46)27-37(28-36)55(13,49)50/h22-28,38-41,47H,29-32H2,1-21H3/t38-,39?,40?,41?/m1/s1. The average Bonchev–Trinajstić information content (AvgIpc) is 3.02. The SMILES string of the molecule is CC(C)(C)[Si](C)(C)OC[C@@H]1C(O[Si](C)(C)C(C)(C)C)C(O[Si](C)(C)C(C)(C)C)C(O[Si](C)(C)C(C)(C)C)CN1Cc1ccc(CNc2cc(Br)cc(S(C)(=O)=O)c2)cc1. The van der Waals surface area contributed by atoms with Crippen molar-refractivity contribution in [2.75, 3.05) is 24.7 Å². The lowest BCUT2D eigenvalue weighted by molar-refractivity contribution is -0.130. The average molecular weight is 972 g/mol. The molecule has 0 aromatic heterocycles. The summed E-state index contributed by atoms with van der Waals surface area (Å²) in [5.74, 6) is 0. The Labute approximate surface area is 374 Å². The Kier molecular flexibility index (Phi) is 16.5. The first-order valence-electron chi connectivity index (χ1n) is 21.5. The van der Waals surface area contributed by atoms with E-state index in [0.717, 1.165) is 15.7 Å². The van der Waals surface area contributed by atoms with Crippen molar-refractivity contribution < 1.29 is 26.1 Å². The second-order valence-electron chi connectivity index (χ2n) is 23.3. The highest BCUT2D eigenvalue weighted by molar-refractivity contribution is 9.10. The molecule has 0 aliphatic carbocycles. The van der Waals surface area contributed by atoms with Crippen LogP contribution in [-0.2, 0) is 40.6 Å². The molecular formula is C45H83BrN2O6SSi4. The molecule has 2 aromatic carbocycles. The third-order valence-electron chi connectivity index (χ3n) is 14.3. The van der Waals surface area contributed by atoms with Gasteiger partial charge in [0.2, 0.25) is 0 Å². The van der Waals surface area contributed by atoms with Crippen LogP contribution in [0.15, 0.2) is 51.8 Å². The number of halogens is 1. The monoisotopic (exact) mass is 970 g/mol. The number of sulfone groups is 1. The van der Waals surface area contributed by atoms with Gasteiger partial charge in [0.1, 0.15) is 0 Å². The Morgan fingerprint density at radius 3 is 1.56 bits per heavy atom. The molecule has 3 rings (SSSR count). The minimum Gasteiger partial charge on any atom is -0.415 e. The Bertz CT molecular complexity index is 1830. The molecular weight excluding hydrogens is 889 g/mol. The Hall–Kier alpha value is -0.662. The van der Waals surface area contributed by atoms with E-state index in [9.17, 15) is 8.42 Å². The summed E-state index contributed by atoms with van der Waals surface area (Å²) in [4.78, 5) is 2.87. The van der Waals surface area contributed by atoms with Crippen LogP contribution < -0.4 is 5.32 Å². The maximum atomic E-state index is 12.3. The van der Waals surface area contributed by atoms with Gasteiger partial charge in [-0.25, -0.2) is 8.42 Å². The van der Waals surface area contributed by atoms with Gasteiger partial charge in [-0.2, -0.15) is 0 Å². The third-order valence-corrected chi connectivity index (χ3v) is 33.8. The predicted octanol–water partition coefficient (Wildman–Crippen LogP) is 12.8. The first-order chi connectivity index (χ1) is 26.3. The number of hydrogen-bond acceptors (Lipinski definition) is 8. The summed E-state index contributed by atoms with van der Waals surface area (Å²) in [7, 11) is -12.4. The lowest BCUT2D eigenvalue weighted by Gasteiger charge is -2.56. The Morgan fingerprint density at radius 1 is 0.661 bits per heavy atom. The van der Waals surface area contributed by atoms with Crippen LogP contribution in [0, 0.1) is 0 Å². The zero-order valence-electron chi connectivity index (χ0n) is 40.9. The number of nitrogens with zero attached hydrogens (tertiary/aromatic N) is 1. The van der Waals surface area contributed by atoms with E-state index in [1.807, 2.05) is 6.07 Å². The predicted molar refractivity (Wildman–Crippen MR) is 265 cm³/mol. The van der Waals surface area contributed by atoms with Gasteiger partial charge in [0.05, 0.1) is 35.9 Å². The van der Waals surface area contributed by atoms with E-state index in [-0.39, 0.29) is 49.4 Å². The topological polar surface area (TPSA) is 86.3 Å². The summed E-state index contributed by atoms with van der Waals surface area (Å²) < 4.78 is 55.4. The molecule has 0 bridgehead atoms. The molecule has 1 fully saturated rings. The molecule has 1 heterocycles. The Balaban J connectivity index is 2.17. The highest BCUT2D eigenvalue weighted by Gasteiger charge is 2.55. The smallest absolute Gasteiger partial charge is 0.192 e. The highest BCUT2D eigenvalue weighted by atomic mass is 79.9. The molecule has 1 saturated heterocycles. The molecule has 8 nitrogen and oxygen atoms in total. The minimum absolute atomic E-state index is 0.00389. The summed E-state index contributed by atoms with van der Waals surface area (Å²) in [6.45, 7) is 49.3. The molecule has 3 unspecified atom stereocenters. The molecule has 0 amide bonds. The van der Waals surface area contributed by atoms with Crippen LogP contribution in [0.3, 0.4) is 0 Å². The summed E-state index contributed by atoms with van der Waals surface area (Å²) in [5.41, 5.74) is 3.05. The Morgan fingerprint density at radius 2 is 1.10 bits per heavy atom. The number of likely N-dealkylation sites (tertiary alicyclic amines) is 1. The van der Waals surface area contributed by atoms with Crippen LogP contribution in [0.5, 0.6) is 0 Å². The first kappa shape index (κ1) is 52.7.